The molecule has 0 bridgehead atoms. The lowest BCUT2D eigenvalue weighted by Crippen LogP contribution is -2.30. The van der Waals surface area contributed by atoms with Crippen molar-refractivity contribution in [2.45, 2.75) is 67.4 Å². The van der Waals surface area contributed by atoms with Gasteiger partial charge in [0.25, 0.3) is 5.91 Å². The fraction of sp³-hybridized carbons (Fsp3) is 0.483. The maximum absolute atomic E-state index is 12.6. The second-order valence-corrected chi connectivity index (χ2v) is 8.11. The van der Waals surface area contributed by atoms with Crippen LogP contribution in [-0.2, 0) is 9.53 Å². The van der Waals surface area contributed by atoms with Crippen LogP contribution in [0.3, 0.4) is 0 Å². The molecule has 0 aliphatic rings. The predicted octanol–water partition coefficient (Wildman–Crippen LogP) is 6.77. The van der Waals surface area contributed by atoms with Gasteiger partial charge in [0, 0.05) is 38.7 Å². The first-order chi connectivity index (χ1) is 18.7. The zero-order chi connectivity index (χ0) is 30.4. The highest BCUT2D eigenvalue weighted by Gasteiger charge is 2.20. The van der Waals surface area contributed by atoms with Gasteiger partial charge in [-0.15, -0.1) is 0 Å². The van der Waals surface area contributed by atoms with E-state index < -0.39 is 5.91 Å². The molecular weight excluding hydrogens is 520 g/mol. The molecule has 2 rings (SSSR count). The van der Waals surface area contributed by atoms with E-state index in [0.29, 0.717) is 59.7 Å². The van der Waals surface area contributed by atoms with Crippen LogP contribution in [0.2, 0.25) is 0 Å². The standard InChI is InChI=1S/C21H25ClN4O4.C4H10O.2C2H6/c1-4-14(22)12-24-18(5-2)25-21(28)20-19(23)16-11-15(7-8-17(16)30-20)29-10-6-9-26(3)13-27;1-4(2)5-3;2*1-2/h4,7-8,11-13H,1,5-6,9-10,23H2,2-3H3,(H,24,25,28);4H,1-3H3;2*1-2H3/b14-12+;;;. The van der Waals surface area contributed by atoms with Gasteiger partial charge in [-0.1, -0.05) is 52.8 Å². The number of halogens is 1. The van der Waals surface area contributed by atoms with Gasteiger partial charge in [-0.05, 0) is 44.5 Å². The molecule has 39 heavy (non-hydrogen) atoms. The van der Waals surface area contributed by atoms with E-state index in [1.807, 2.05) is 48.5 Å². The molecule has 0 saturated carbocycles. The number of hydrogen-bond acceptors (Lipinski definition) is 7. The van der Waals surface area contributed by atoms with E-state index >= 15 is 0 Å². The lowest BCUT2D eigenvalue weighted by molar-refractivity contribution is -0.117. The second kappa shape index (κ2) is 22.7. The number of benzene rings is 1. The number of methoxy groups -OCH3 is 1. The summed E-state index contributed by atoms with van der Waals surface area (Å²) in [5.74, 6) is 0.487. The fourth-order valence-corrected chi connectivity index (χ4v) is 2.55. The number of nitrogens with two attached hydrogens (primary N) is 1. The molecule has 0 saturated heterocycles. The van der Waals surface area contributed by atoms with E-state index in [0.717, 1.165) is 6.41 Å². The number of carbonyl (C=O) groups excluding carboxylic acids is 2. The SMILES string of the molecule is C=C/C(Cl)=C\N=C(CC)NC(=O)c1oc2ccc(OCCCN(C)C=O)cc2c1N.CC.CC.COC(C)C. The molecule has 3 N–H and O–H groups in total. The number of amides is 2. The molecule has 0 aliphatic carbocycles. The van der Waals surface area contributed by atoms with Crippen LogP contribution in [0.5, 0.6) is 5.75 Å². The molecule has 0 atom stereocenters. The van der Waals surface area contributed by atoms with Crippen molar-refractivity contribution in [2.24, 2.45) is 4.99 Å². The van der Waals surface area contributed by atoms with Crippen LogP contribution in [0.1, 0.15) is 71.9 Å². The Labute approximate surface area is 239 Å². The highest BCUT2D eigenvalue weighted by molar-refractivity contribution is 6.31. The normalized spacial score (nSPS) is 10.7. The number of anilines is 1. The Morgan fingerprint density at radius 3 is 2.41 bits per heavy atom. The van der Waals surface area contributed by atoms with Gasteiger partial charge in [-0.2, -0.15) is 0 Å². The summed E-state index contributed by atoms with van der Waals surface area (Å²) in [5.41, 5.74) is 6.82. The third-order valence-electron chi connectivity index (χ3n) is 4.61. The predicted molar refractivity (Wildman–Crippen MR) is 164 cm³/mol. The molecule has 0 radical (unpaired) electrons. The zero-order valence-electron chi connectivity index (χ0n) is 25.0. The summed E-state index contributed by atoms with van der Waals surface area (Å²) in [7, 11) is 3.40. The van der Waals surface area contributed by atoms with Crippen molar-refractivity contribution in [3.63, 3.8) is 0 Å². The van der Waals surface area contributed by atoms with Gasteiger partial charge in [-0.25, -0.2) is 4.99 Å². The van der Waals surface area contributed by atoms with Gasteiger partial charge in [0.2, 0.25) is 12.2 Å². The molecule has 10 heteroatoms. The van der Waals surface area contributed by atoms with Gasteiger partial charge in [0.05, 0.1) is 23.4 Å². The Morgan fingerprint density at radius 1 is 1.28 bits per heavy atom. The van der Waals surface area contributed by atoms with Crippen LogP contribution in [0.25, 0.3) is 11.0 Å². The number of carbonyl (C=O) groups is 2. The molecule has 0 fully saturated rings. The lowest BCUT2D eigenvalue weighted by Gasteiger charge is -2.10. The van der Waals surface area contributed by atoms with Crippen LogP contribution >= 0.6 is 11.6 Å². The van der Waals surface area contributed by atoms with Gasteiger partial charge >= 0.3 is 0 Å². The highest BCUT2D eigenvalue weighted by Crippen LogP contribution is 2.31. The summed E-state index contributed by atoms with van der Waals surface area (Å²) in [5, 5.41) is 3.60. The molecule has 220 valence electrons. The first kappa shape index (κ1) is 37.9. The number of nitrogens with one attached hydrogen (secondary N) is 1. The van der Waals surface area contributed by atoms with Crippen LogP contribution in [0, 0.1) is 0 Å². The Morgan fingerprint density at radius 2 is 1.90 bits per heavy atom. The maximum atomic E-state index is 12.6. The van der Waals surface area contributed by atoms with Crippen molar-refractivity contribution in [3.05, 3.63) is 47.8 Å². The summed E-state index contributed by atoms with van der Waals surface area (Å²) >= 11 is 5.84. The number of nitrogen functional groups attached to an aromatic ring is 1. The van der Waals surface area contributed by atoms with Crippen molar-refractivity contribution in [1.82, 2.24) is 10.2 Å². The smallest absolute Gasteiger partial charge is 0.294 e. The first-order valence-electron chi connectivity index (χ1n) is 13.2. The highest BCUT2D eigenvalue weighted by atomic mass is 35.5. The first-order valence-corrected chi connectivity index (χ1v) is 13.5. The molecular formula is C29H47ClN4O5. The lowest BCUT2D eigenvalue weighted by atomic mass is 10.2. The maximum Gasteiger partial charge on any atom is 0.294 e. The largest absolute Gasteiger partial charge is 0.494 e. The van der Waals surface area contributed by atoms with Crippen molar-refractivity contribution in [2.75, 3.05) is 33.0 Å². The third-order valence-corrected chi connectivity index (χ3v) is 4.86. The van der Waals surface area contributed by atoms with Crippen molar-refractivity contribution in [1.29, 1.82) is 0 Å². The summed E-state index contributed by atoms with van der Waals surface area (Å²) in [4.78, 5) is 28.9. The van der Waals surface area contributed by atoms with Gasteiger partial charge in [0.1, 0.15) is 17.2 Å². The third kappa shape index (κ3) is 15.0. The number of hydrogen-bond donors (Lipinski definition) is 2. The molecule has 9 nitrogen and oxygen atoms in total. The summed E-state index contributed by atoms with van der Waals surface area (Å²) in [6, 6.07) is 5.14. The number of rotatable bonds is 11. The molecule has 0 aliphatic heterocycles. The average Bonchev–Trinajstić information content (AvgIpc) is 3.30. The molecule has 1 aromatic heterocycles. The monoisotopic (exact) mass is 566 g/mol. The summed E-state index contributed by atoms with van der Waals surface area (Å²) < 4.78 is 16.1. The number of nitrogens with zero attached hydrogens (tertiary/aromatic N) is 2. The number of furan rings is 1. The molecule has 1 heterocycles. The quantitative estimate of drug-likeness (QED) is 0.102. The van der Waals surface area contributed by atoms with E-state index in [2.05, 4.69) is 16.9 Å². The van der Waals surface area contributed by atoms with E-state index in [1.54, 1.807) is 37.3 Å². The van der Waals surface area contributed by atoms with Crippen LogP contribution in [-0.4, -0.2) is 56.5 Å². The number of fused-ring (bicyclic) bond motifs is 1. The number of ether oxygens (including phenoxy) is 2. The minimum absolute atomic E-state index is 0.00490. The minimum Gasteiger partial charge on any atom is -0.494 e. The summed E-state index contributed by atoms with van der Waals surface area (Å²) in [6.45, 7) is 18.4. The van der Waals surface area contributed by atoms with Gasteiger partial charge in [-0.3, -0.25) is 9.59 Å². The average molecular weight is 567 g/mol. The van der Waals surface area contributed by atoms with E-state index in [4.69, 9.17) is 31.2 Å². The topological polar surface area (TPSA) is 119 Å². The van der Waals surface area contributed by atoms with E-state index in [-0.39, 0.29) is 11.4 Å². The van der Waals surface area contributed by atoms with Crippen molar-refractivity contribution < 1.29 is 23.5 Å². The fourth-order valence-electron chi connectivity index (χ4n) is 2.50. The number of amidine groups is 1. The van der Waals surface area contributed by atoms with Crippen LogP contribution < -0.4 is 15.8 Å². The van der Waals surface area contributed by atoms with Gasteiger partial charge in [0.15, 0.2) is 0 Å². The molecule has 1 aromatic carbocycles. The van der Waals surface area contributed by atoms with E-state index in [1.165, 1.54) is 12.3 Å². The molecule has 2 amide bonds. The Hall–Kier alpha value is -3.30. The zero-order valence-corrected chi connectivity index (χ0v) is 25.7. The Balaban J connectivity index is 0. The summed E-state index contributed by atoms with van der Waals surface area (Å²) in [6.07, 6.45) is 5.15. The van der Waals surface area contributed by atoms with Crippen LogP contribution in [0.4, 0.5) is 5.69 Å². The molecule has 0 spiro atoms. The van der Waals surface area contributed by atoms with Gasteiger partial charge < -0.3 is 29.8 Å². The second-order valence-electron chi connectivity index (χ2n) is 7.68. The van der Waals surface area contributed by atoms with Crippen LogP contribution in [0.15, 0.2) is 51.5 Å². The Bertz CT molecular complexity index is 1050. The molecule has 2 aromatic rings. The molecule has 0 unspecified atom stereocenters. The number of aliphatic imine (C=N–C) groups is 1. The minimum atomic E-state index is -0.508. The van der Waals surface area contributed by atoms with Crippen molar-refractivity contribution >= 4 is 46.4 Å². The Kier molecular flexibility index (Phi) is 22.0. The van der Waals surface area contributed by atoms with E-state index in [9.17, 15) is 9.59 Å². The number of allylic oxidation sites excluding steroid dienone is 2. The van der Waals surface area contributed by atoms with Crippen molar-refractivity contribution in [3.8, 4) is 5.75 Å².